The third-order valence-electron chi connectivity index (χ3n) is 2.89. The molecule has 0 bridgehead atoms. The van der Waals surface area contributed by atoms with Crippen molar-refractivity contribution in [3.05, 3.63) is 61.7 Å². The maximum Gasteiger partial charge on any atom is 0.271 e. The highest BCUT2D eigenvalue weighted by molar-refractivity contribution is 14.1. The minimum atomic E-state index is -0.503. The van der Waals surface area contributed by atoms with Crippen LogP contribution in [0, 0.1) is 20.6 Å². The number of hydrogen-bond donors (Lipinski definition) is 1. The molecule has 0 aliphatic carbocycles. The molecular weight excluding hydrogens is 399 g/mol. The molecule has 0 saturated carbocycles. The van der Waals surface area contributed by atoms with Crippen molar-refractivity contribution in [1.82, 2.24) is 0 Å². The summed E-state index contributed by atoms with van der Waals surface area (Å²) in [7, 11) is 0. The van der Waals surface area contributed by atoms with E-state index in [0.29, 0.717) is 11.4 Å². The van der Waals surface area contributed by atoms with E-state index in [9.17, 15) is 14.9 Å². The van der Waals surface area contributed by atoms with Crippen LogP contribution in [0.1, 0.15) is 5.56 Å². The maximum atomic E-state index is 11.9. The lowest BCUT2D eigenvalue weighted by molar-refractivity contribution is -0.384. The smallest absolute Gasteiger partial charge is 0.271 e. The zero-order chi connectivity index (χ0) is 16.1. The number of ether oxygens (including phenoxy) is 1. The molecule has 0 fully saturated rings. The van der Waals surface area contributed by atoms with Gasteiger partial charge in [-0.25, -0.2) is 0 Å². The van der Waals surface area contributed by atoms with E-state index >= 15 is 0 Å². The molecule has 1 amide bonds. The summed E-state index contributed by atoms with van der Waals surface area (Å²) in [6.45, 7) is 1.60. The van der Waals surface area contributed by atoms with Crippen LogP contribution in [-0.4, -0.2) is 17.4 Å². The minimum absolute atomic E-state index is 0.0700. The summed E-state index contributed by atoms with van der Waals surface area (Å²) >= 11 is 2.18. The Morgan fingerprint density at radius 1 is 1.27 bits per heavy atom. The second kappa shape index (κ2) is 7.21. The van der Waals surface area contributed by atoms with Crippen molar-refractivity contribution in [2.75, 3.05) is 11.9 Å². The van der Waals surface area contributed by atoms with Crippen molar-refractivity contribution in [3.63, 3.8) is 0 Å². The lowest BCUT2D eigenvalue weighted by Crippen LogP contribution is -2.20. The Morgan fingerprint density at radius 3 is 2.59 bits per heavy atom. The minimum Gasteiger partial charge on any atom is -0.484 e. The van der Waals surface area contributed by atoms with Gasteiger partial charge in [0, 0.05) is 15.7 Å². The number of non-ortho nitro benzene ring substituents is 1. The van der Waals surface area contributed by atoms with Crippen LogP contribution in [-0.2, 0) is 4.79 Å². The molecule has 1 N–H and O–H groups in total. The molecule has 0 aromatic heterocycles. The van der Waals surface area contributed by atoms with Gasteiger partial charge in [-0.15, -0.1) is 0 Å². The average molecular weight is 412 g/mol. The zero-order valence-corrected chi connectivity index (χ0v) is 13.9. The molecule has 22 heavy (non-hydrogen) atoms. The van der Waals surface area contributed by atoms with Crippen molar-refractivity contribution in [2.24, 2.45) is 0 Å². The van der Waals surface area contributed by atoms with Crippen LogP contribution in [0.25, 0.3) is 0 Å². The Morgan fingerprint density at radius 2 is 1.95 bits per heavy atom. The average Bonchev–Trinajstić information content (AvgIpc) is 2.48. The predicted molar refractivity (Wildman–Crippen MR) is 91.1 cm³/mol. The van der Waals surface area contributed by atoms with Gasteiger partial charge in [0.1, 0.15) is 5.75 Å². The summed E-state index contributed by atoms with van der Waals surface area (Å²) in [5, 5.41) is 13.4. The van der Waals surface area contributed by atoms with E-state index in [4.69, 9.17) is 4.74 Å². The summed E-state index contributed by atoms with van der Waals surface area (Å²) in [6.07, 6.45) is 0. The molecule has 0 saturated heterocycles. The number of carbonyl (C=O) groups excluding carboxylic acids is 1. The van der Waals surface area contributed by atoms with Crippen LogP contribution in [0.5, 0.6) is 5.75 Å². The molecule has 0 aliphatic rings. The fourth-order valence-corrected chi connectivity index (χ4v) is 2.08. The number of nitro groups is 1. The van der Waals surface area contributed by atoms with Crippen LogP contribution in [0.3, 0.4) is 0 Å². The van der Waals surface area contributed by atoms with E-state index in [-0.39, 0.29) is 18.2 Å². The number of nitrogens with zero attached hydrogens (tertiary/aromatic N) is 1. The summed E-state index contributed by atoms with van der Waals surface area (Å²) < 4.78 is 6.43. The number of nitro benzene ring substituents is 1. The van der Waals surface area contributed by atoms with Gasteiger partial charge < -0.3 is 10.1 Å². The molecule has 2 rings (SSSR count). The highest BCUT2D eigenvalue weighted by Gasteiger charge is 2.11. The van der Waals surface area contributed by atoms with Gasteiger partial charge in [-0.1, -0.05) is 6.07 Å². The van der Waals surface area contributed by atoms with Gasteiger partial charge in [-0.2, -0.15) is 0 Å². The van der Waals surface area contributed by atoms with Crippen LogP contribution in [0.4, 0.5) is 11.4 Å². The second-order valence-electron chi connectivity index (χ2n) is 4.55. The lowest BCUT2D eigenvalue weighted by Gasteiger charge is -2.09. The van der Waals surface area contributed by atoms with Crippen LogP contribution in [0.2, 0.25) is 0 Å². The van der Waals surface area contributed by atoms with Crippen LogP contribution >= 0.6 is 22.6 Å². The molecule has 7 heteroatoms. The largest absolute Gasteiger partial charge is 0.484 e. The molecule has 6 nitrogen and oxygen atoms in total. The Hall–Kier alpha value is -2.16. The third-order valence-corrected chi connectivity index (χ3v) is 3.61. The monoisotopic (exact) mass is 412 g/mol. The first kappa shape index (κ1) is 16.2. The normalized spacial score (nSPS) is 10.1. The number of halogens is 1. The fourth-order valence-electron chi connectivity index (χ4n) is 1.72. The summed E-state index contributed by atoms with van der Waals surface area (Å²) in [5.74, 6) is 0.216. The van der Waals surface area contributed by atoms with E-state index in [1.54, 1.807) is 25.1 Å². The highest BCUT2D eigenvalue weighted by Crippen LogP contribution is 2.21. The molecule has 0 radical (unpaired) electrons. The van der Waals surface area contributed by atoms with Crippen LogP contribution < -0.4 is 10.1 Å². The number of amides is 1. The van der Waals surface area contributed by atoms with E-state index in [1.165, 1.54) is 12.1 Å². The predicted octanol–water partition coefficient (Wildman–Crippen LogP) is 3.53. The van der Waals surface area contributed by atoms with Crippen molar-refractivity contribution in [3.8, 4) is 5.75 Å². The second-order valence-corrected chi connectivity index (χ2v) is 5.79. The summed E-state index contributed by atoms with van der Waals surface area (Å²) in [4.78, 5) is 22.1. The molecular formula is C15H13IN2O4. The fraction of sp³-hybridized carbons (Fsp3) is 0.133. The Kier molecular flexibility index (Phi) is 5.31. The van der Waals surface area contributed by atoms with Crippen molar-refractivity contribution >= 4 is 39.9 Å². The first-order valence-electron chi connectivity index (χ1n) is 6.39. The van der Waals surface area contributed by atoms with Gasteiger partial charge in [0.15, 0.2) is 6.61 Å². The number of nitrogens with one attached hydrogen (secondary N) is 1. The van der Waals surface area contributed by atoms with Crippen LogP contribution in [0.15, 0.2) is 42.5 Å². The topological polar surface area (TPSA) is 81.5 Å². The zero-order valence-electron chi connectivity index (χ0n) is 11.7. The first-order valence-corrected chi connectivity index (χ1v) is 7.47. The number of hydrogen-bond acceptors (Lipinski definition) is 4. The van der Waals surface area contributed by atoms with E-state index in [0.717, 1.165) is 9.13 Å². The van der Waals surface area contributed by atoms with Gasteiger partial charge in [-0.3, -0.25) is 14.9 Å². The van der Waals surface area contributed by atoms with E-state index < -0.39 is 4.92 Å². The maximum absolute atomic E-state index is 11.9. The van der Waals surface area contributed by atoms with Gasteiger partial charge in [-0.05, 0) is 59.3 Å². The third kappa shape index (κ3) is 4.42. The van der Waals surface area contributed by atoms with Gasteiger partial charge in [0.05, 0.1) is 10.6 Å². The number of aryl methyl sites for hydroxylation is 1. The number of anilines is 1. The molecule has 0 spiro atoms. The molecule has 0 atom stereocenters. The van der Waals surface area contributed by atoms with Gasteiger partial charge in [0.25, 0.3) is 11.6 Å². The number of carbonyl (C=O) groups is 1. The number of benzene rings is 2. The molecule has 0 aliphatic heterocycles. The summed E-state index contributed by atoms with van der Waals surface area (Å²) in [6, 6.07) is 11.6. The molecule has 2 aromatic rings. The Bertz CT molecular complexity index is 701. The highest BCUT2D eigenvalue weighted by atomic mass is 127. The Balaban J connectivity index is 1.98. The van der Waals surface area contributed by atoms with E-state index in [2.05, 4.69) is 27.9 Å². The molecule has 0 heterocycles. The van der Waals surface area contributed by atoms with Crippen molar-refractivity contribution in [2.45, 2.75) is 6.92 Å². The van der Waals surface area contributed by atoms with Crippen molar-refractivity contribution < 1.29 is 14.5 Å². The first-order chi connectivity index (χ1) is 10.5. The van der Waals surface area contributed by atoms with Crippen molar-refractivity contribution in [1.29, 1.82) is 0 Å². The molecule has 114 valence electrons. The standard InChI is InChI=1S/C15H13IN2O4/c1-10-2-5-12(18(20)21)8-14(10)17-15(19)9-22-13-6-3-11(16)4-7-13/h2-8H,9H2,1H3,(H,17,19). The quantitative estimate of drug-likeness (QED) is 0.463. The SMILES string of the molecule is Cc1ccc([N+](=O)[O-])cc1NC(=O)COc1ccc(I)cc1. The molecule has 2 aromatic carbocycles. The molecule has 0 unspecified atom stereocenters. The summed E-state index contributed by atoms with van der Waals surface area (Å²) in [5.41, 5.74) is 1.08. The number of rotatable bonds is 5. The Labute approximate surface area is 140 Å². The van der Waals surface area contributed by atoms with E-state index in [1.807, 2.05) is 12.1 Å². The lowest BCUT2D eigenvalue weighted by atomic mass is 10.2. The van der Waals surface area contributed by atoms with Gasteiger partial charge >= 0.3 is 0 Å². The van der Waals surface area contributed by atoms with Gasteiger partial charge in [0.2, 0.25) is 0 Å².